The number of rotatable bonds is 7. The van der Waals surface area contributed by atoms with Crippen molar-refractivity contribution in [2.45, 2.75) is 26.2 Å². The predicted octanol–water partition coefficient (Wildman–Crippen LogP) is 4.39. The van der Waals surface area contributed by atoms with Crippen LogP contribution in [0.4, 0.5) is 4.79 Å². The van der Waals surface area contributed by atoms with Crippen LogP contribution in [0.3, 0.4) is 0 Å². The third-order valence-corrected chi connectivity index (χ3v) is 13.3. The molecule has 0 atom stereocenters. The molecule has 0 N–H and O–H groups in total. The lowest BCUT2D eigenvalue weighted by Crippen LogP contribution is -2.45. The Morgan fingerprint density at radius 3 is 2.17 bits per heavy atom. The Labute approximate surface area is 126 Å². The van der Waals surface area contributed by atoms with Gasteiger partial charge in [-0.2, -0.15) is 0 Å². The first-order valence-electron chi connectivity index (χ1n) is 5.56. The smallest absolute Gasteiger partial charge is 0.301 e. The number of hydrogen-bond donors (Lipinski definition) is 0. The van der Waals surface area contributed by atoms with E-state index >= 15 is 0 Å². The van der Waals surface area contributed by atoms with Gasteiger partial charge in [-0.3, -0.25) is 4.79 Å². The topological polar surface area (TPSA) is 29.5 Å². The number of hydrogen-bond acceptors (Lipinski definition) is 5. The molecular formula is C10H23NO2S3Si2. The molecule has 0 aromatic rings. The van der Waals surface area contributed by atoms with E-state index in [1.807, 2.05) is 18.2 Å². The maximum absolute atomic E-state index is 11.9. The summed E-state index contributed by atoms with van der Waals surface area (Å²) in [6.07, 6.45) is 3.81. The van der Waals surface area contributed by atoms with E-state index in [0.717, 1.165) is 5.38 Å². The van der Waals surface area contributed by atoms with Crippen LogP contribution in [0.1, 0.15) is 0 Å². The monoisotopic (exact) mass is 341 g/mol. The van der Waals surface area contributed by atoms with Crippen LogP contribution in [0.5, 0.6) is 0 Å². The first-order valence-corrected chi connectivity index (χ1v) is 15.0. The molecular weight excluding hydrogens is 318 g/mol. The maximum atomic E-state index is 11.9. The second-order valence-electron chi connectivity index (χ2n) is 4.85. The average Bonchev–Trinajstić information content (AvgIpc) is 2.27. The summed E-state index contributed by atoms with van der Waals surface area (Å²) >= 11 is 4.24. The molecule has 0 rings (SSSR count). The van der Waals surface area contributed by atoms with Crippen LogP contribution < -0.4 is 0 Å². The van der Waals surface area contributed by atoms with Gasteiger partial charge in [-0.1, -0.05) is 17.5 Å². The second-order valence-corrected chi connectivity index (χ2v) is 16.3. The Hall–Kier alpha value is 0.654. The summed E-state index contributed by atoms with van der Waals surface area (Å²) in [6.45, 7) is 12.4. The summed E-state index contributed by atoms with van der Waals surface area (Å²) < 4.78 is 7.91. The minimum absolute atomic E-state index is 0.0947. The van der Waals surface area contributed by atoms with Gasteiger partial charge in [-0.25, -0.2) is 3.71 Å². The summed E-state index contributed by atoms with van der Waals surface area (Å²) in [5, 5.41) is 0.880. The van der Waals surface area contributed by atoms with Crippen LogP contribution in [-0.4, -0.2) is 43.5 Å². The number of carbonyl (C=O) groups excluding carboxylic acids is 1. The number of carbonyl (C=O) groups is 1. The lowest BCUT2D eigenvalue weighted by Gasteiger charge is -2.31. The van der Waals surface area contributed by atoms with Gasteiger partial charge in [-0.15, -0.1) is 6.58 Å². The molecule has 0 saturated heterocycles. The van der Waals surface area contributed by atoms with Crippen LogP contribution in [0.25, 0.3) is 0 Å². The summed E-state index contributed by atoms with van der Waals surface area (Å²) in [5.74, 6) is 0. The SMILES string of the molecule is C=C[Si](C)(C)O[Si](C)(C)CSC(=O)N(SC)SC. The van der Waals surface area contributed by atoms with E-state index in [2.05, 4.69) is 32.8 Å². The lowest BCUT2D eigenvalue weighted by molar-refractivity contribution is 0.259. The van der Waals surface area contributed by atoms with E-state index in [0.29, 0.717) is 0 Å². The Morgan fingerprint density at radius 1 is 1.28 bits per heavy atom. The highest BCUT2D eigenvalue weighted by molar-refractivity contribution is 8.20. The van der Waals surface area contributed by atoms with Crippen LogP contribution in [0, 0.1) is 0 Å². The molecule has 0 aliphatic heterocycles. The van der Waals surface area contributed by atoms with Crippen LogP contribution in [-0.2, 0) is 4.12 Å². The fourth-order valence-electron chi connectivity index (χ4n) is 1.30. The van der Waals surface area contributed by atoms with Gasteiger partial charge in [0.2, 0.25) is 0 Å². The molecule has 8 heteroatoms. The molecule has 0 bridgehead atoms. The van der Waals surface area contributed by atoms with Crippen molar-refractivity contribution in [3.63, 3.8) is 0 Å². The molecule has 0 aliphatic carbocycles. The largest absolute Gasteiger partial charge is 0.452 e. The fraction of sp³-hybridized carbons (Fsp3) is 0.700. The average molecular weight is 342 g/mol. The van der Waals surface area contributed by atoms with Crippen molar-refractivity contribution < 1.29 is 8.91 Å². The number of thioether (sulfide) groups is 1. The molecule has 0 spiro atoms. The van der Waals surface area contributed by atoms with Crippen molar-refractivity contribution in [2.24, 2.45) is 0 Å². The van der Waals surface area contributed by atoms with Crippen molar-refractivity contribution >= 4 is 57.5 Å². The van der Waals surface area contributed by atoms with Gasteiger partial charge in [-0.05, 0) is 50.1 Å². The molecule has 0 saturated carbocycles. The van der Waals surface area contributed by atoms with Crippen molar-refractivity contribution in [3.8, 4) is 0 Å². The minimum Gasteiger partial charge on any atom is -0.452 e. The van der Waals surface area contributed by atoms with E-state index in [4.69, 9.17) is 4.12 Å². The first-order chi connectivity index (χ1) is 8.17. The molecule has 3 nitrogen and oxygen atoms in total. The van der Waals surface area contributed by atoms with Gasteiger partial charge in [0.05, 0.1) is 0 Å². The molecule has 0 unspecified atom stereocenters. The molecule has 106 valence electrons. The van der Waals surface area contributed by atoms with Crippen molar-refractivity contribution in [1.82, 2.24) is 3.71 Å². The molecule has 0 fully saturated rings. The molecule has 1 amide bonds. The quantitative estimate of drug-likeness (QED) is 0.506. The maximum Gasteiger partial charge on any atom is 0.301 e. The lowest BCUT2D eigenvalue weighted by atomic mass is 11.3. The fourth-order valence-corrected chi connectivity index (χ4v) is 11.7. The molecule has 0 radical (unpaired) electrons. The summed E-state index contributed by atoms with van der Waals surface area (Å²) in [6, 6.07) is 0. The standard InChI is InChI=1S/C10H23NO2S3Si2/c1-8-17(4,5)13-18(6,7)9-16-10(12)11(14-2)15-3/h8H,1,9H2,2-7H3. The first kappa shape index (κ1) is 18.7. The van der Waals surface area contributed by atoms with Crippen LogP contribution in [0.2, 0.25) is 26.2 Å². The highest BCUT2D eigenvalue weighted by Gasteiger charge is 2.32. The van der Waals surface area contributed by atoms with Gasteiger partial charge in [0.1, 0.15) is 0 Å². The van der Waals surface area contributed by atoms with Crippen molar-refractivity contribution in [2.75, 3.05) is 17.9 Å². The van der Waals surface area contributed by atoms with Gasteiger partial charge in [0.25, 0.3) is 0 Å². The highest BCUT2D eigenvalue weighted by Crippen LogP contribution is 2.26. The Kier molecular flexibility index (Phi) is 8.35. The van der Waals surface area contributed by atoms with E-state index in [-0.39, 0.29) is 5.24 Å². The minimum atomic E-state index is -1.81. The van der Waals surface area contributed by atoms with Gasteiger partial charge in [0, 0.05) is 17.9 Å². The zero-order chi connectivity index (χ0) is 14.4. The van der Waals surface area contributed by atoms with Gasteiger partial charge < -0.3 is 4.12 Å². The third-order valence-electron chi connectivity index (χ3n) is 2.05. The predicted molar refractivity (Wildman–Crippen MR) is 93.0 cm³/mol. The third kappa shape index (κ3) is 7.29. The van der Waals surface area contributed by atoms with Crippen LogP contribution >= 0.6 is 35.7 Å². The van der Waals surface area contributed by atoms with E-state index in [1.165, 1.54) is 35.7 Å². The molecule has 0 aromatic carbocycles. The van der Waals surface area contributed by atoms with E-state index in [1.54, 1.807) is 3.71 Å². The molecule has 18 heavy (non-hydrogen) atoms. The van der Waals surface area contributed by atoms with E-state index < -0.39 is 16.6 Å². The second kappa shape index (κ2) is 8.06. The van der Waals surface area contributed by atoms with Gasteiger partial charge in [0.15, 0.2) is 16.6 Å². The normalized spacial score (nSPS) is 12.3. The Morgan fingerprint density at radius 2 is 1.78 bits per heavy atom. The van der Waals surface area contributed by atoms with Gasteiger partial charge >= 0.3 is 5.24 Å². The van der Waals surface area contributed by atoms with Crippen molar-refractivity contribution in [3.05, 3.63) is 12.3 Å². The highest BCUT2D eigenvalue weighted by atomic mass is 32.2. The summed E-state index contributed by atoms with van der Waals surface area (Å²) in [5.41, 5.74) is 1.95. The van der Waals surface area contributed by atoms with Crippen LogP contribution in [0.15, 0.2) is 12.3 Å². The Balaban J connectivity index is 4.34. The van der Waals surface area contributed by atoms with E-state index in [9.17, 15) is 4.79 Å². The molecule has 0 aromatic heterocycles. The molecule has 0 heterocycles. The number of amides is 1. The zero-order valence-corrected chi connectivity index (χ0v) is 16.4. The molecule has 0 aliphatic rings. The summed E-state index contributed by atoms with van der Waals surface area (Å²) in [7, 11) is -3.56. The zero-order valence-electron chi connectivity index (χ0n) is 12.0. The number of nitrogens with zero attached hydrogens (tertiary/aromatic N) is 1. The van der Waals surface area contributed by atoms with Crippen molar-refractivity contribution in [1.29, 1.82) is 0 Å². The Bertz CT molecular complexity index is 297. The summed E-state index contributed by atoms with van der Waals surface area (Å²) in [4.78, 5) is 11.9.